The number of aryl methyl sites for hydroxylation is 1. The summed E-state index contributed by atoms with van der Waals surface area (Å²) in [4.78, 5) is 34.1. The predicted molar refractivity (Wildman–Crippen MR) is 120 cm³/mol. The van der Waals surface area contributed by atoms with Crippen molar-refractivity contribution in [2.75, 3.05) is 64.6 Å². The fourth-order valence-electron chi connectivity index (χ4n) is 4.45. The highest BCUT2D eigenvalue weighted by Gasteiger charge is 2.28. The summed E-state index contributed by atoms with van der Waals surface area (Å²) in [7, 11) is 0. The third-order valence-electron chi connectivity index (χ3n) is 6.57. The van der Waals surface area contributed by atoms with E-state index in [-0.39, 0.29) is 11.8 Å². The molecule has 2 aliphatic heterocycles. The van der Waals surface area contributed by atoms with Gasteiger partial charge in [0.15, 0.2) is 0 Å². The number of nitrogen functional groups attached to an aromatic ring is 1. The Morgan fingerprint density at radius 2 is 1.63 bits per heavy atom. The van der Waals surface area contributed by atoms with Crippen molar-refractivity contribution in [3.63, 3.8) is 0 Å². The molecule has 2 N–H and O–H groups in total. The highest BCUT2D eigenvalue weighted by Crippen LogP contribution is 2.19. The second-order valence-electron chi connectivity index (χ2n) is 8.66. The summed E-state index contributed by atoms with van der Waals surface area (Å²) in [6.07, 6.45) is 2.41. The lowest BCUT2D eigenvalue weighted by molar-refractivity contribution is -0.134. The number of carbonyl (C=O) groups is 2. The molecule has 7 heteroatoms. The van der Waals surface area contributed by atoms with E-state index in [0.29, 0.717) is 36.9 Å². The van der Waals surface area contributed by atoms with Crippen LogP contribution in [0.5, 0.6) is 0 Å². The van der Waals surface area contributed by atoms with E-state index in [0.717, 1.165) is 44.8 Å². The molecule has 0 radical (unpaired) electrons. The minimum Gasteiger partial charge on any atom is -0.398 e. The summed E-state index contributed by atoms with van der Waals surface area (Å²) in [6.45, 7) is 13.1. The lowest BCUT2D eigenvalue weighted by Crippen LogP contribution is -2.55. The van der Waals surface area contributed by atoms with Crippen molar-refractivity contribution in [3.8, 4) is 0 Å². The molecular weight excluding hydrogens is 378 g/mol. The number of hydrogen-bond acceptors (Lipinski definition) is 5. The first-order valence-corrected chi connectivity index (χ1v) is 11.3. The molecule has 1 atom stereocenters. The third kappa shape index (κ3) is 5.32. The normalized spacial score (nSPS) is 19.7. The monoisotopic (exact) mass is 415 g/mol. The van der Waals surface area contributed by atoms with Crippen LogP contribution in [0.2, 0.25) is 0 Å². The number of para-hydroxylation sites is 1. The molecule has 2 fully saturated rings. The van der Waals surface area contributed by atoms with Crippen molar-refractivity contribution in [2.24, 2.45) is 0 Å². The average molecular weight is 416 g/mol. The minimum atomic E-state index is -0.0144. The predicted octanol–water partition coefficient (Wildman–Crippen LogP) is 1.67. The number of carbonyl (C=O) groups excluding carboxylic acids is 2. The smallest absolute Gasteiger partial charge is 0.256 e. The number of amides is 2. The molecule has 2 saturated heterocycles. The summed E-state index contributed by atoms with van der Waals surface area (Å²) in [5.74, 6) is 0.194. The highest BCUT2D eigenvalue weighted by molar-refractivity contribution is 5.99. The summed E-state index contributed by atoms with van der Waals surface area (Å²) in [6, 6.07) is 6.18. The molecule has 0 aliphatic carbocycles. The van der Waals surface area contributed by atoms with E-state index in [2.05, 4.69) is 23.6 Å². The van der Waals surface area contributed by atoms with Crippen molar-refractivity contribution in [1.82, 2.24) is 19.6 Å². The summed E-state index contributed by atoms with van der Waals surface area (Å²) < 4.78 is 0. The molecule has 0 aromatic heterocycles. The quantitative estimate of drug-likeness (QED) is 0.716. The van der Waals surface area contributed by atoms with Gasteiger partial charge >= 0.3 is 0 Å². The molecule has 2 heterocycles. The Hall–Kier alpha value is -2.12. The maximum atomic E-state index is 12.8. The number of nitrogens with zero attached hydrogens (tertiary/aromatic N) is 4. The zero-order valence-corrected chi connectivity index (χ0v) is 18.8. The maximum Gasteiger partial charge on any atom is 0.256 e. The van der Waals surface area contributed by atoms with Crippen LogP contribution in [0.4, 0.5) is 5.69 Å². The first-order chi connectivity index (χ1) is 14.4. The van der Waals surface area contributed by atoms with E-state index in [1.807, 2.05) is 28.9 Å². The number of nitrogens with two attached hydrogens (primary N) is 1. The Morgan fingerprint density at radius 1 is 1.00 bits per heavy atom. The maximum absolute atomic E-state index is 12.8. The van der Waals surface area contributed by atoms with Gasteiger partial charge in [0, 0.05) is 64.1 Å². The van der Waals surface area contributed by atoms with Crippen LogP contribution < -0.4 is 5.73 Å². The van der Waals surface area contributed by atoms with Gasteiger partial charge in [0.1, 0.15) is 0 Å². The lowest BCUT2D eigenvalue weighted by Gasteiger charge is -2.39. The minimum absolute atomic E-state index is 0.0144. The molecule has 0 bridgehead atoms. The molecule has 7 nitrogen and oxygen atoms in total. The molecule has 0 spiro atoms. The van der Waals surface area contributed by atoms with Gasteiger partial charge in [-0.05, 0) is 31.9 Å². The number of anilines is 1. The van der Waals surface area contributed by atoms with Crippen molar-refractivity contribution < 1.29 is 9.59 Å². The van der Waals surface area contributed by atoms with Gasteiger partial charge in [0.2, 0.25) is 5.91 Å². The van der Waals surface area contributed by atoms with Crippen LogP contribution in [0.15, 0.2) is 18.2 Å². The first-order valence-electron chi connectivity index (χ1n) is 11.3. The van der Waals surface area contributed by atoms with Crippen molar-refractivity contribution >= 4 is 17.5 Å². The van der Waals surface area contributed by atoms with Gasteiger partial charge in [-0.3, -0.25) is 19.4 Å². The lowest BCUT2D eigenvalue weighted by atomic mass is 10.1. The zero-order valence-electron chi connectivity index (χ0n) is 18.8. The van der Waals surface area contributed by atoms with Gasteiger partial charge < -0.3 is 15.5 Å². The molecule has 30 heavy (non-hydrogen) atoms. The highest BCUT2D eigenvalue weighted by atomic mass is 16.2. The molecule has 2 aliphatic rings. The van der Waals surface area contributed by atoms with Crippen molar-refractivity contribution in [3.05, 3.63) is 29.3 Å². The Bertz CT molecular complexity index is 737. The summed E-state index contributed by atoms with van der Waals surface area (Å²) >= 11 is 0. The first kappa shape index (κ1) is 22.6. The summed E-state index contributed by atoms with van der Waals surface area (Å²) in [5, 5.41) is 0. The molecule has 166 valence electrons. The Kier molecular flexibility index (Phi) is 7.72. The second-order valence-corrected chi connectivity index (χ2v) is 8.66. The second kappa shape index (κ2) is 10.3. The van der Waals surface area contributed by atoms with Crippen molar-refractivity contribution in [1.29, 1.82) is 0 Å². The molecule has 1 aromatic rings. The number of benzene rings is 1. The van der Waals surface area contributed by atoms with Gasteiger partial charge in [0.25, 0.3) is 5.91 Å². The summed E-state index contributed by atoms with van der Waals surface area (Å²) in [5.41, 5.74) is 8.17. The van der Waals surface area contributed by atoms with Crippen LogP contribution in [0.1, 0.15) is 42.6 Å². The van der Waals surface area contributed by atoms with Gasteiger partial charge in [-0.1, -0.05) is 25.5 Å². The number of piperazine rings is 2. The van der Waals surface area contributed by atoms with Crippen LogP contribution in [-0.2, 0) is 4.79 Å². The van der Waals surface area contributed by atoms with Crippen LogP contribution in [-0.4, -0.2) is 96.4 Å². The largest absolute Gasteiger partial charge is 0.398 e. The molecule has 1 unspecified atom stereocenters. The van der Waals surface area contributed by atoms with Crippen molar-refractivity contribution in [2.45, 2.75) is 39.7 Å². The number of rotatable bonds is 6. The van der Waals surface area contributed by atoms with E-state index >= 15 is 0 Å². The molecule has 3 rings (SSSR count). The molecule has 0 saturated carbocycles. The Balaban J connectivity index is 1.44. The zero-order chi connectivity index (χ0) is 21.7. The molecule has 2 amide bonds. The van der Waals surface area contributed by atoms with Crippen LogP contribution in [0.3, 0.4) is 0 Å². The average Bonchev–Trinajstić information content (AvgIpc) is 2.76. The van der Waals surface area contributed by atoms with E-state index in [4.69, 9.17) is 5.73 Å². The fraction of sp³-hybridized carbons (Fsp3) is 0.652. The Labute approximate surface area is 180 Å². The van der Waals surface area contributed by atoms with Crippen LogP contribution in [0.25, 0.3) is 0 Å². The fourth-order valence-corrected chi connectivity index (χ4v) is 4.45. The van der Waals surface area contributed by atoms with Crippen LogP contribution >= 0.6 is 0 Å². The van der Waals surface area contributed by atoms with Gasteiger partial charge in [-0.15, -0.1) is 0 Å². The van der Waals surface area contributed by atoms with Crippen LogP contribution in [0, 0.1) is 6.92 Å². The van der Waals surface area contributed by atoms with E-state index in [1.165, 1.54) is 12.8 Å². The topological polar surface area (TPSA) is 73.1 Å². The van der Waals surface area contributed by atoms with Gasteiger partial charge in [0.05, 0.1) is 12.1 Å². The van der Waals surface area contributed by atoms with Gasteiger partial charge in [-0.25, -0.2) is 0 Å². The SMILES string of the molecule is CCCC(C)N1CCN(C(=O)CN2CCN(C(=O)c3cccc(C)c3N)CC2)CC1. The Morgan fingerprint density at radius 3 is 2.27 bits per heavy atom. The molecule has 1 aromatic carbocycles. The van der Waals surface area contributed by atoms with Gasteiger partial charge in [-0.2, -0.15) is 0 Å². The number of hydrogen-bond donors (Lipinski definition) is 1. The van der Waals surface area contributed by atoms with E-state index in [1.54, 1.807) is 6.07 Å². The molecular formula is C23H37N5O2. The van der Waals surface area contributed by atoms with E-state index < -0.39 is 0 Å². The third-order valence-corrected chi connectivity index (χ3v) is 6.57. The standard InChI is InChI=1S/C23H37N5O2/c1-4-6-19(3)26-13-15-27(16-14-26)21(29)17-25-9-11-28(12-10-25)23(30)20-8-5-7-18(2)22(20)24/h5,7-8,19H,4,6,9-17,24H2,1-3H3. The van der Waals surface area contributed by atoms with E-state index in [9.17, 15) is 9.59 Å².